The highest BCUT2D eigenvalue weighted by atomic mass is 14.2. The van der Waals surface area contributed by atoms with E-state index in [1.807, 2.05) is 12.1 Å². The van der Waals surface area contributed by atoms with E-state index in [1.54, 1.807) is 0 Å². The molecule has 0 fully saturated rings. The van der Waals surface area contributed by atoms with Gasteiger partial charge in [-0.15, -0.1) is 0 Å². The summed E-state index contributed by atoms with van der Waals surface area (Å²) < 4.78 is 0. The molecule has 80 valence electrons. The molecule has 1 aromatic carbocycles. The Labute approximate surface area is 93.3 Å². The van der Waals surface area contributed by atoms with Gasteiger partial charge >= 0.3 is 0 Å². The van der Waals surface area contributed by atoms with Crippen LogP contribution in [0.25, 0.3) is 11.6 Å². The van der Waals surface area contributed by atoms with Crippen LogP contribution >= 0.6 is 0 Å². The zero-order valence-electron chi connectivity index (χ0n) is 10.0. The molecular weight excluding hydrogens is 180 g/mol. The maximum atomic E-state index is 4.17. The van der Waals surface area contributed by atoms with Crippen LogP contribution in [0.3, 0.4) is 0 Å². The average molecular weight is 200 g/mol. The zero-order valence-corrected chi connectivity index (χ0v) is 10.0. The first kappa shape index (κ1) is 11.8. The largest absolute Gasteiger partial charge is 0.0984 e. The molecule has 0 saturated carbocycles. The first-order valence-corrected chi connectivity index (χ1v) is 5.33. The van der Waals surface area contributed by atoms with Crippen molar-refractivity contribution < 1.29 is 0 Å². The van der Waals surface area contributed by atoms with Crippen molar-refractivity contribution >= 4 is 11.6 Å². The molecular formula is C15H20. The lowest BCUT2D eigenvalue weighted by Gasteiger charge is -2.20. The van der Waals surface area contributed by atoms with Crippen molar-refractivity contribution in [2.24, 2.45) is 5.41 Å². The summed E-state index contributed by atoms with van der Waals surface area (Å²) in [6.07, 6.45) is 2.90. The van der Waals surface area contributed by atoms with Gasteiger partial charge in [-0.3, -0.25) is 0 Å². The van der Waals surface area contributed by atoms with E-state index in [0.29, 0.717) is 0 Å². The molecule has 0 amide bonds. The minimum atomic E-state index is 0.283. The molecule has 0 aliphatic heterocycles. The molecule has 1 aromatic rings. The Balaban J connectivity index is 2.96. The summed E-state index contributed by atoms with van der Waals surface area (Å²) in [5.74, 6) is 0. The Kier molecular flexibility index (Phi) is 3.52. The van der Waals surface area contributed by atoms with Gasteiger partial charge in [0, 0.05) is 0 Å². The van der Waals surface area contributed by atoms with E-state index in [9.17, 15) is 0 Å². The lowest BCUT2D eigenvalue weighted by Crippen LogP contribution is -2.05. The molecule has 0 heterocycles. The second-order valence-electron chi connectivity index (χ2n) is 5.13. The van der Waals surface area contributed by atoms with Crippen LogP contribution in [-0.2, 0) is 0 Å². The van der Waals surface area contributed by atoms with Crippen molar-refractivity contribution in [3.05, 3.63) is 48.6 Å². The fourth-order valence-corrected chi connectivity index (χ4v) is 1.73. The van der Waals surface area contributed by atoms with E-state index in [0.717, 1.165) is 6.42 Å². The van der Waals surface area contributed by atoms with Crippen LogP contribution in [0.4, 0.5) is 0 Å². The van der Waals surface area contributed by atoms with Gasteiger partial charge in [0.25, 0.3) is 0 Å². The average Bonchev–Trinajstić information content (AvgIpc) is 2.15. The lowest BCUT2D eigenvalue weighted by molar-refractivity contribution is 0.427. The summed E-state index contributed by atoms with van der Waals surface area (Å²) in [6, 6.07) is 8.28. The summed E-state index contributed by atoms with van der Waals surface area (Å²) >= 11 is 0. The minimum Gasteiger partial charge on any atom is -0.0984 e. The molecule has 0 aliphatic carbocycles. The highest BCUT2D eigenvalue weighted by molar-refractivity contribution is 5.72. The highest BCUT2D eigenvalue weighted by Gasteiger charge is 2.14. The maximum absolute atomic E-state index is 4.17. The third-order valence-corrected chi connectivity index (χ3v) is 2.31. The van der Waals surface area contributed by atoms with Gasteiger partial charge in [-0.05, 0) is 28.5 Å². The molecule has 0 N–H and O–H groups in total. The first-order valence-electron chi connectivity index (χ1n) is 5.33. The van der Waals surface area contributed by atoms with Gasteiger partial charge < -0.3 is 0 Å². The molecule has 15 heavy (non-hydrogen) atoms. The molecule has 0 unspecified atom stereocenters. The summed E-state index contributed by atoms with van der Waals surface area (Å²) in [7, 11) is 0. The summed E-state index contributed by atoms with van der Waals surface area (Å²) in [6.45, 7) is 14.7. The van der Waals surface area contributed by atoms with Crippen molar-refractivity contribution in [1.82, 2.24) is 0 Å². The third-order valence-electron chi connectivity index (χ3n) is 2.31. The predicted octanol–water partition coefficient (Wildman–Crippen LogP) is 4.78. The molecule has 0 nitrogen and oxygen atoms in total. The zero-order chi connectivity index (χ0) is 11.5. The van der Waals surface area contributed by atoms with E-state index < -0.39 is 0 Å². The van der Waals surface area contributed by atoms with Gasteiger partial charge in [0.15, 0.2) is 0 Å². The quantitative estimate of drug-likeness (QED) is 0.658. The highest BCUT2D eigenvalue weighted by Crippen LogP contribution is 2.30. The summed E-state index contributed by atoms with van der Waals surface area (Å²) in [5, 5.41) is 0. The summed E-state index contributed by atoms with van der Waals surface area (Å²) in [4.78, 5) is 0. The van der Waals surface area contributed by atoms with Crippen molar-refractivity contribution in [3.63, 3.8) is 0 Å². The Bertz CT molecular complexity index is 364. The standard InChI is InChI=1S/C15H20/c1-6-13-9-7-8-10-14(13)12(2)11-15(3,4)5/h6-10H,1-2,11H2,3-5H3. The Morgan fingerprint density at radius 3 is 2.40 bits per heavy atom. The van der Waals surface area contributed by atoms with Crippen molar-refractivity contribution in [2.75, 3.05) is 0 Å². The van der Waals surface area contributed by atoms with E-state index in [2.05, 4.69) is 52.1 Å². The fourth-order valence-electron chi connectivity index (χ4n) is 1.73. The molecule has 1 rings (SSSR count). The Morgan fingerprint density at radius 1 is 1.27 bits per heavy atom. The normalized spacial score (nSPS) is 11.1. The van der Waals surface area contributed by atoms with Crippen molar-refractivity contribution in [2.45, 2.75) is 27.2 Å². The Morgan fingerprint density at radius 2 is 1.87 bits per heavy atom. The van der Waals surface area contributed by atoms with E-state index in [4.69, 9.17) is 0 Å². The van der Waals surface area contributed by atoms with Gasteiger partial charge in [-0.25, -0.2) is 0 Å². The van der Waals surface area contributed by atoms with Crippen molar-refractivity contribution in [1.29, 1.82) is 0 Å². The molecule has 0 saturated heterocycles. The maximum Gasteiger partial charge on any atom is -0.0158 e. The van der Waals surface area contributed by atoms with Crippen molar-refractivity contribution in [3.8, 4) is 0 Å². The van der Waals surface area contributed by atoms with Crippen LogP contribution in [0, 0.1) is 5.41 Å². The van der Waals surface area contributed by atoms with Gasteiger partial charge in [0.2, 0.25) is 0 Å². The summed E-state index contributed by atoms with van der Waals surface area (Å²) in [5.41, 5.74) is 3.87. The SMILES string of the molecule is C=Cc1ccccc1C(=C)CC(C)(C)C. The van der Waals surface area contributed by atoms with E-state index >= 15 is 0 Å². The molecule has 0 atom stereocenters. The van der Waals surface area contributed by atoms with Gasteiger partial charge in [0.1, 0.15) is 0 Å². The van der Waals surface area contributed by atoms with Crippen LogP contribution in [0.2, 0.25) is 0 Å². The fraction of sp³-hybridized carbons (Fsp3) is 0.333. The van der Waals surface area contributed by atoms with Crippen LogP contribution in [0.15, 0.2) is 37.4 Å². The molecule has 0 heteroatoms. The Hall–Kier alpha value is -1.30. The number of allylic oxidation sites excluding steroid dienone is 1. The van der Waals surface area contributed by atoms with E-state index in [1.165, 1.54) is 16.7 Å². The molecule has 0 radical (unpaired) electrons. The smallest absolute Gasteiger partial charge is 0.0158 e. The van der Waals surface area contributed by atoms with Crippen LogP contribution < -0.4 is 0 Å². The topological polar surface area (TPSA) is 0 Å². The number of hydrogen-bond acceptors (Lipinski definition) is 0. The number of benzene rings is 1. The third kappa shape index (κ3) is 3.39. The monoisotopic (exact) mass is 200 g/mol. The lowest BCUT2D eigenvalue weighted by atomic mass is 9.85. The molecule has 0 bridgehead atoms. The van der Waals surface area contributed by atoms with E-state index in [-0.39, 0.29) is 5.41 Å². The van der Waals surface area contributed by atoms with Crippen LogP contribution in [0.5, 0.6) is 0 Å². The second kappa shape index (κ2) is 4.48. The molecule has 0 aromatic heterocycles. The number of hydrogen-bond donors (Lipinski definition) is 0. The predicted molar refractivity (Wildman–Crippen MR) is 69.6 cm³/mol. The minimum absolute atomic E-state index is 0.283. The first-order chi connectivity index (χ1) is 6.94. The van der Waals surface area contributed by atoms with Gasteiger partial charge in [0.05, 0.1) is 0 Å². The van der Waals surface area contributed by atoms with Crippen LogP contribution in [0.1, 0.15) is 38.3 Å². The number of rotatable bonds is 3. The van der Waals surface area contributed by atoms with Gasteiger partial charge in [-0.1, -0.05) is 64.3 Å². The molecule has 0 spiro atoms. The second-order valence-corrected chi connectivity index (χ2v) is 5.13. The van der Waals surface area contributed by atoms with Gasteiger partial charge in [-0.2, -0.15) is 0 Å². The van der Waals surface area contributed by atoms with Crippen LogP contribution in [-0.4, -0.2) is 0 Å². The molecule has 0 aliphatic rings.